The summed E-state index contributed by atoms with van der Waals surface area (Å²) in [5.41, 5.74) is 0.854. The van der Waals surface area contributed by atoms with Gasteiger partial charge in [-0.3, -0.25) is 4.79 Å². The molecule has 15 heavy (non-hydrogen) atoms. The Labute approximate surface area is 86.2 Å². The number of hydrogen-bond acceptors (Lipinski definition) is 2. The zero-order valence-electron chi connectivity index (χ0n) is 7.97. The van der Waals surface area contributed by atoms with Gasteiger partial charge in [-0.15, -0.1) is 0 Å². The molecule has 1 atom stereocenters. The van der Waals surface area contributed by atoms with E-state index in [1.165, 1.54) is 0 Å². The molecule has 0 amide bonds. The number of carbonyl (C=O) groups is 1. The Morgan fingerprint density at radius 2 is 2.33 bits per heavy atom. The van der Waals surface area contributed by atoms with Crippen LogP contribution >= 0.6 is 0 Å². The minimum Gasteiger partial charge on any atom is -0.481 e. The van der Waals surface area contributed by atoms with Crippen LogP contribution in [0.3, 0.4) is 0 Å². The van der Waals surface area contributed by atoms with E-state index in [2.05, 4.69) is 15.0 Å². The molecule has 0 fully saturated rings. The minimum absolute atomic E-state index is 0.0219. The predicted molar refractivity (Wildman–Crippen MR) is 53.5 cm³/mol. The summed E-state index contributed by atoms with van der Waals surface area (Å²) in [5, 5.41) is 8.83. The SMILES string of the molecule is O=C(O)CC(c1ccc[nH]1)c1ncc[nH]1. The molecule has 5 nitrogen and oxygen atoms in total. The van der Waals surface area contributed by atoms with Crippen LogP contribution in [-0.4, -0.2) is 26.0 Å². The third-order valence-electron chi connectivity index (χ3n) is 2.23. The highest BCUT2D eigenvalue weighted by Gasteiger charge is 2.20. The number of carboxylic acid groups (broad SMARTS) is 1. The first-order valence-electron chi connectivity index (χ1n) is 4.61. The Bertz CT molecular complexity index is 385. The average Bonchev–Trinajstić information content (AvgIpc) is 2.87. The second kappa shape index (κ2) is 4.00. The van der Waals surface area contributed by atoms with Crippen molar-refractivity contribution < 1.29 is 9.90 Å². The van der Waals surface area contributed by atoms with Gasteiger partial charge in [-0.2, -0.15) is 0 Å². The number of aromatic nitrogens is 3. The molecule has 5 heteroatoms. The average molecular weight is 205 g/mol. The summed E-state index contributed by atoms with van der Waals surface area (Å²) in [5.74, 6) is -0.418. The van der Waals surface area contributed by atoms with Gasteiger partial charge in [-0.05, 0) is 12.1 Å². The molecule has 2 heterocycles. The second-order valence-electron chi connectivity index (χ2n) is 3.25. The van der Waals surface area contributed by atoms with Crippen LogP contribution in [0, 0.1) is 0 Å². The molecule has 0 saturated heterocycles. The quantitative estimate of drug-likeness (QED) is 0.704. The fourth-order valence-corrected chi connectivity index (χ4v) is 1.56. The van der Waals surface area contributed by atoms with Gasteiger partial charge in [0.05, 0.1) is 12.3 Å². The molecule has 78 valence electrons. The molecule has 2 rings (SSSR count). The Kier molecular flexibility index (Phi) is 2.53. The van der Waals surface area contributed by atoms with Crippen LogP contribution in [0.2, 0.25) is 0 Å². The number of rotatable bonds is 4. The predicted octanol–water partition coefficient (Wildman–Crippen LogP) is 1.34. The highest BCUT2D eigenvalue weighted by atomic mass is 16.4. The molecule has 0 aliphatic rings. The molecule has 0 aliphatic carbocycles. The Morgan fingerprint density at radius 1 is 1.47 bits per heavy atom. The summed E-state index contributed by atoms with van der Waals surface area (Å²) < 4.78 is 0. The molecule has 0 saturated carbocycles. The van der Waals surface area contributed by atoms with E-state index in [9.17, 15) is 4.79 Å². The van der Waals surface area contributed by atoms with Crippen molar-refractivity contribution in [2.45, 2.75) is 12.3 Å². The summed E-state index contributed by atoms with van der Waals surface area (Å²) in [4.78, 5) is 20.8. The van der Waals surface area contributed by atoms with Gasteiger partial charge >= 0.3 is 5.97 Å². The maximum atomic E-state index is 10.7. The van der Waals surface area contributed by atoms with Crippen molar-refractivity contribution in [1.29, 1.82) is 0 Å². The van der Waals surface area contributed by atoms with Crippen molar-refractivity contribution in [2.75, 3.05) is 0 Å². The van der Waals surface area contributed by atoms with E-state index in [1.807, 2.05) is 12.1 Å². The number of H-pyrrole nitrogens is 2. The van der Waals surface area contributed by atoms with E-state index in [0.717, 1.165) is 5.69 Å². The van der Waals surface area contributed by atoms with Gasteiger partial charge in [0.15, 0.2) is 0 Å². The smallest absolute Gasteiger partial charge is 0.304 e. The molecule has 3 N–H and O–H groups in total. The summed E-state index contributed by atoms with van der Waals surface area (Å²) in [6, 6.07) is 3.70. The van der Waals surface area contributed by atoms with E-state index in [4.69, 9.17) is 5.11 Å². The number of carboxylic acids is 1. The van der Waals surface area contributed by atoms with E-state index in [-0.39, 0.29) is 12.3 Å². The van der Waals surface area contributed by atoms with Crippen LogP contribution in [0.1, 0.15) is 23.9 Å². The first-order chi connectivity index (χ1) is 7.27. The van der Waals surface area contributed by atoms with Gasteiger partial charge in [0, 0.05) is 24.3 Å². The van der Waals surface area contributed by atoms with Gasteiger partial charge in [0.1, 0.15) is 5.82 Å². The Balaban J connectivity index is 2.29. The summed E-state index contributed by atoms with van der Waals surface area (Å²) in [6.07, 6.45) is 5.10. The number of nitrogens with zero attached hydrogens (tertiary/aromatic N) is 1. The lowest BCUT2D eigenvalue weighted by molar-refractivity contribution is -0.137. The standard InChI is InChI=1S/C10H11N3O2/c14-9(15)6-7(8-2-1-3-11-8)10-12-4-5-13-10/h1-5,7,11H,6H2,(H,12,13)(H,14,15). The molecule has 0 spiro atoms. The number of nitrogens with one attached hydrogen (secondary N) is 2. The van der Waals surface area contributed by atoms with Crippen molar-refractivity contribution in [3.63, 3.8) is 0 Å². The lowest BCUT2D eigenvalue weighted by Crippen LogP contribution is -2.09. The van der Waals surface area contributed by atoms with Gasteiger partial charge in [0.2, 0.25) is 0 Å². The van der Waals surface area contributed by atoms with Crippen LogP contribution < -0.4 is 0 Å². The first kappa shape index (κ1) is 9.51. The van der Waals surface area contributed by atoms with Crippen molar-refractivity contribution in [3.05, 3.63) is 42.2 Å². The van der Waals surface area contributed by atoms with E-state index in [0.29, 0.717) is 5.82 Å². The summed E-state index contributed by atoms with van der Waals surface area (Å²) in [7, 11) is 0. The maximum Gasteiger partial charge on any atom is 0.304 e. The van der Waals surface area contributed by atoms with Crippen LogP contribution in [-0.2, 0) is 4.79 Å². The first-order valence-corrected chi connectivity index (χ1v) is 4.61. The molecule has 0 bridgehead atoms. The Morgan fingerprint density at radius 3 is 2.87 bits per heavy atom. The monoisotopic (exact) mass is 205 g/mol. The van der Waals surface area contributed by atoms with Gasteiger partial charge < -0.3 is 15.1 Å². The highest BCUT2D eigenvalue weighted by Crippen LogP contribution is 2.23. The van der Waals surface area contributed by atoms with Crippen molar-refractivity contribution >= 4 is 5.97 Å². The molecule has 2 aromatic heterocycles. The van der Waals surface area contributed by atoms with Crippen LogP contribution in [0.25, 0.3) is 0 Å². The van der Waals surface area contributed by atoms with Crippen LogP contribution in [0.15, 0.2) is 30.7 Å². The molecule has 2 aromatic rings. The summed E-state index contributed by atoms with van der Waals surface area (Å²) >= 11 is 0. The van der Waals surface area contributed by atoms with E-state index >= 15 is 0 Å². The molecule has 0 radical (unpaired) electrons. The number of hydrogen-bond donors (Lipinski definition) is 3. The zero-order valence-corrected chi connectivity index (χ0v) is 7.97. The third-order valence-corrected chi connectivity index (χ3v) is 2.23. The lowest BCUT2D eigenvalue weighted by atomic mass is 10.0. The summed E-state index contributed by atoms with van der Waals surface area (Å²) in [6.45, 7) is 0. The Hall–Kier alpha value is -2.04. The van der Waals surface area contributed by atoms with Crippen molar-refractivity contribution in [2.24, 2.45) is 0 Å². The molecule has 0 aliphatic heterocycles. The normalized spacial score (nSPS) is 12.5. The molecule has 1 unspecified atom stereocenters. The molecular formula is C10H11N3O2. The lowest BCUT2D eigenvalue weighted by Gasteiger charge is -2.10. The number of aliphatic carboxylic acids is 1. The van der Waals surface area contributed by atoms with Crippen molar-refractivity contribution in [3.8, 4) is 0 Å². The molecular weight excluding hydrogens is 194 g/mol. The minimum atomic E-state index is -0.842. The topological polar surface area (TPSA) is 81.8 Å². The third kappa shape index (κ3) is 2.07. The van der Waals surface area contributed by atoms with Gasteiger partial charge in [0.25, 0.3) is 0 Å². The zero-order chi connectivity index (χ0) is 10.7. The number of aromatic amines is 2. The van der Waals surface area contributed by atoms with Crippen LogP contribution in [0.4, 0.5) is 0 Å². The fourth-order valence-electron chi connectivity index (χ4n) is 1.56. The number of imidazole rings is 1. The van der Waals surface area contributed by atoms with E-state index < -0.39 is 5.97 Å². The largest absolute Gasteiger partial charge is 0.481 e. The maximum absolute atomic E-state index is 10.7. The van der Waals surface area contributed by atoms with E-state index in [1.54, 1.807) is 18.6 Å². The fraction of sp³-hybridized carbons (Fsp3) is 0.200. The second-order valence-corrected chi connectivity index (χ2v) is 3.25. The highest BCUT2D eigenvalue weighted by molar-refractivity contribution is 5.68. The van der Waals surface area contributed by atoms with Gasteiger partial charge in [-0.1, -0.05) is 0 Å². The van der Waals surface area contributed by atoms with Gasteiger partial charge in [-0.25, -0.2) is 4.98 Å². The molecule has 0 aromatic carbocycles. The van der Waals surface area contributed by atoms with Crippen LogP contribution in [0.5, 0.6) is 0 Å². The van der Waals surface area contributed by atoms with Crippen molar-refractivity contribution in [1.82, 2.24) is 15.0 Å².